The standard InChI is InChI=1S/C42H55F3N4O27/c1-15(50)63-12-25-29(59)33(36(71-23(9)58)38(73-25)74-31-27(14-65-17(3)52)72-37(48-49-46)35(70-22(8)57)34(31)69-21(7)56)76-41(40(61)62-10)11-24(66-18(4)53)28(47-39(60)42(43,44)45)32(75-41)30(68-20(6)55)26(67-19(5)54)13-64-16(2)51/h24-38,59H,11-14H2,1-10H3,(H,47,60)/t24-,25+,26+,27+,28+,29-,30+,31+,32+,33-,34-,35+,36+,37+,38-,41-/m0/s1. The summed E-state index contributed by atoms with van der Waals surface area (Å²) >= 11 is 0. The Bertz CT molecular complexity index is 2230. The van der Waals surface area contributed by atoms with Gasteiger partial charge in [-0.05, 0) is 5.53 Å². The number of carbonyl (C=O) groups is 11. The number of azide groups is 1. The molecule has 0 saturated carbocycles. The van der Waals surface area contributed by atoms with Crippen LogP contribution in [0.15, 0.2) is 5.11 Å². The Morgan fingerprint density at radius 1 is 0.684 bits per heavy atom. The van der Waals surface area contributed by atoms with E-state index in [4.69, 9.17) is 71.1 Å². The Morgan fingerprint density at radius 2 is 1.21 bits per heavy atom. The van der Waals surface area contributed by atoms with Crippen LogP contribution in [-0.2, 0) is 124 Å². The average Bonchev–Trinajstić information content (AvgIpc) is 3.28. The number of aliphatic hydroxyl groups is 1. The van der Waals surface area contributed by atoms with Crippen molar-refractivity contribution in [3.05, 3.63) is 10.4 Å². The van der Waals surface area contributed by atoms with Crippen molar-refractivity contribution in [2.75, 3.05) is 26.9 Å². The second kappa shape index (κ2) is 27.7. The zero-order valence-electron chi connectivity index (χ0n) is 42.0. The summed E-state index contributed by atoms with van der Waals surface area (Å²) in [4.78, 5) is 142. The third-order valence-corrected chi connectivity index (χ3v) is 10.5. The van der Waals surface area contributed by atoms with Crippen LogP contribution < -0.4 is 5.32 Å². The van der Waals surface area contributed by atoms with E-state index < -0.39 is 196 Å². The van der Waals surface area contributed by atoms with Crippen LogP contribution in [0.5, 0.6) is 0 Å². The van der Waals surface area contributed by atoms with Gasteiger partial charge in [0.25, 0.3) is 5.79 Å². The van der Waals surface area contributed by atoms with Gasteiger partial charge in [-0.1, -0.05) is 5.11 Å². The third-order valence-electron chi connectivity index (χ3n) is 10.5. The quantitative estimate of drug-likeness (QED) is 0.0451. The molecule has 3 rings (SSSR count). The Balaban J connectivity index is 2.49. The van der Waals surface area contributed by atoms with Crippen molar-refractivity contribution in [3.8, 4) is 0 Å². The summed E-state index contributed by atoms with van der Waals surface area (Å²) in [7, 11) is 0.681. The van der Waals surface area contributed by atoms with Crippen molar-refractivity contribution < 1.29 is 142 Å². The highest BCUT2D eigenvalue weighted by Crippen LogP contribution is 2.42. The highest BCUT2D eigenvalue weighted by molar-refractivity contribution is 5.83. The van der Waals surface area contributed by atoms with Crippen LogP contribution in [-0.4, -0.2) is 201 Å². The third kappa shape index (κ3) is 17.8. The number of halogens is 3. The predicted octanol–water partition coefficient (Wildman–Crippen LogP) is -1.14. The van der Waals surface area contributed by atoms with Crippen molar-refractivity contribution in [2.24, 2.45) is 5.11 Å². The molecule has 3 fully saturated rings. The smallest absolute Gasteiger partial charge is 0.465 e. The molecule has 0 aromatic rings. The molecule has 34 heteroatoms. The topological polar surface area (TPSA) is 407 Å². The molecule has 2 N–H and O–H groups in total. The van der Waals surface area contributed by atoms with Gasteiger partial charge in [-0.25, -0.2) is 4.79 Å². The van der Waals surface area contributed by atoms with Gasteiger partial charge in [-0.2, -0.15) is 13.2 Å². The number of esters is 10. The fraction of sp³-hybridized carbons (Fsp3) is 0.738. The zero-order valence-corrected chi connectivity index (χ0v) is 42.0. The molecular formula is C42H55F3N4O27. The van der Waals surface area contributed by atoms with Crippen molar-refractivity contribution >= 4 is 65.6 Å². The monoisotopic (exact) mass is 1100 g/mol. The lowest BCUT2D eigenvalue weighted by molar-refractivity contribution is -0.382. The zero-order chi connectivity index (χ0) is 57.6. The number of methoxy groups -OCH3 is 1. The Hall–Kier alpha value is -6.97. The average molecular weight is 1100 g/mol. The molecule has 0 unspecified atom stereocenters. The molecule has 0 aliphatic carbocycles. The molecule has 16 atom stereocenters. The Kier molecular flexibility index (Phi) is 23.1. The molecule has 1 amide bonds. The molecule has 0 aromatic carbocycles. The van der Waals surface area contributed by atoms with Gasteiger partial charge in [0.05, 0.1) is 19.6 Å². The van der Waals surface area contributed by atoms with Gasteiger partial charge in [0, 0.05) is 67.2 Å². The maximum absolute atomic E-state index is 14.4. The highest BCUT2D eigenvalue weighted by atomic mass is 19.4. The van der Waals surface area contributed by atoms with Crippen LogP contribution in [0, 0.1) is 0 Å². The summed E-state index contributed by atoms with van der Waals surface area (Å²) in [5.74, 6) is -18.4. The number of ether oxygens (including phenoxy) is 15. The van der Waals surface area contributed by atoms with Gasteiger partial charge in [-0.15, -0.1) is 0 Å². The van der Waals surface area contributed by atoms with Crippen LogP contribution in [0.3, 0.4) is 0 Å². The fourth-order valence-corrected chi connectivity index (χ4v) is 7.86. The summed E-state index contributed by atoms with van der Waals surface area (Å²) < 4.78 is 125. The first-order valence-electron chi connectivity index (χ1n) is 22.3. The lowest BCUT2D eigenvalue weighted by atomic mass is 9.87. The lowest BCUT2D eigenvalue weighted by Gasteiger charge is -2.52. The van der Waals surface area contributed by atoms with E-state index in [1.165, 1.54) is 5.32 Å². The van der Waals surface area contributed by atoms with Gasteiger partial charge in [-0.3, -0.25) is 47.9 Å². The first-order valence-corrected chi connectivity index (χ1v) is 22.3. The number of aliphatic hydroxyl groups excluding tert-OH is 1. The molecule has 3 saturated heterocycles. The number of alkyl halides is 3. The molecule has 31 nitrogen and oxygen atoms in total. The van der Waals surface area contributed by atoms with E-state index in [1.54, 1.807) is 0 Å². The van der Waals surface area contributed by atoms with E-state index in [2.05, 4.69) is 10.0 Å². The van der Waals surface area contributed by atoms with Gasteiger partial charge in [0.2, 0.25) is 0 Å². The van der Waals surface area contributed by atoms with Crippen molar-refractivity contribution in [2.45, 2.75) is 173 Å². The number of hydrogen-bond donors (Lipinski definition) is 2. The highest BCUT2D eigenvalue weighted by Gasteiger charge is 2.64. The van der Waals surface area contributed by atoms with E-state index in [0.29, 0.717) is 14.0 Å². The van der Waals surface area contributed by atoms with Crippen molar-refractivity contribution in [1.82, 2.24) is 5.32 Å². The second-order valence-corrected chi connectivity index (χ2v) is 16.5. The van der Waals surface area contributed by atoms with Gasteiger partial charge in [0.1, 0.15) is 62.5 Å². The second-order valence-electron chi connectivity index (χ2n) is 16.5. The van der Waals surface area contributed by atoms with E-state index in [1.807, 2.05) is 0 Å². The summed E-state index contributed by atoms with van der Waals surface area (Å²) in [5.41, 5.74) is 9.39. The number of rotatable bonds is 21. The Labute approximate surface area is 427 Å². The van der Waals surface area contributed by atoms with Gasteiger partial charge >= 0.3 is 71.8 Å². The lowest BCUT2D eigenvalue weighted by Crippen LogP contribution is -2.72. The summed E-state index contributed by atoms with van der Waals surface area (Å²) in [6.45, 7) is 4.55. The van der Waals surface area contributed by atoms with Gasteiger partial charge < -0.3 is 81.5 Å². The molecule has 0 aromatic heterocycles. The molecular weight excluding hydrogens is 1050 g/mol. The number of hydrogen-bond acceptors (Lipinski definition) is 28. The summed E-state index contributed by atoms with van der Waals surface area (Å²) in [6, 6.07) is -2.45. The molecule has 0 radical (unpaired) electrons. The molecule has 3 aliphatic heterocycles. The first kappa shape index (κ1) is 63.3. The minimum absolute atomic E-state index is 0.681. The van der Waals surface area contributed by atoms with Crippen LogP contribution in [0.4, 0.5) is 13.2 Å². The van der Waals surface area contributed by atoms with Crippen molar-refractivity contribution in [3.63, 3.8) is 0 Å². The van der Waals surface area contributed by atoms with E-state index in [0.717, 1.165) is 55.4 Å². The fourth-order valence-electron chi connectivity index (χ4n) is 7.86. The van der Waals surface area contributed by atoms with Crippen LogP contribution >= 0.6 is 0 Å². The largest absolute Gasteiger partial charge is 0.471 e. The number of carbonyl (C=O) groups excluding carboxylic acids is 11. The van der Waals surface area contributed by atoms with Crippen molar-refractivity contribution in [1.29, 1.82) is 0 Å². The van der Waals surface area contributed by atoms with Crippen LogP contribution in [0.1, 0.15) is 68.7 Å². The SMILES string of the molecule is COC(=O)[C@@]1(O[C@H]2[C@@H](O)[C@@H](COC(C)=O)O[C@@H](O[C@H]3[C@H](OC(C)=O)[C@@H](OC(C)=O)[C@H](N=[N+]=[N-])O[C@@H]3COC(C)=O)[C@@H]2OC(C)=O)C[C@H](OC(C)=O)[C@@H](NC(=O)C(F)(F)F)[C@H]([C@H](OC(C)=O)[C@@H](COC(C)=O)OC(C)=O)O1. The number of amides is 1. The van der Waals surface area contributed by atoms with E-state index >= 15 is 0 Å². The molecule has 426 valence electrons. The maximum atomic E-state index is 14.4. The number of nitrogens with one attached hydrogen (secondary N) is 1. The van der Waals surface area contributed by atoms with E-state index in [-0.39, 0.29) is 0 Å². The van der Waals surface area contributed by atoms with E-state index in [9.17, 15) is 76.5 Å². The van der Waals surface area contributed by atoms with Crippen LogP contribution in [0.25, 0.3) is 10.4 Å². The molecule has 0 spiro atoms. The summed E-state index contributed by atoms with van der Waals surface area (Å²) in [5, 5.41) is 17.1. The normalized spacial score (nSPS) is 29.9. The van der Waals surface area contributed by atoms with Crippen LogP contribution in [0.2, 0.25) is 0 Å². The minimum Gasteiger partial charge on any atom is -0.465 e. The molecule has 76 heavy (non-hydrogen) atoms. The number of nitrogens with zero attached hydrogens (tertiary/aromatic N) is 3. The first-order chi connectivity index (χ1) is 35.3. The maximum Gasteiger partial charge on any atom is 0.471 e. The Morgan fingerprint density at radius 3 is 1.70 bits per heavy atom. The summed E-state index contributed by atoms with van der Waals surface area (Å²) in [6.07, 6.45) is -37.8. The predicted molar refractivity (Wildman–Crippen MR) is 228 cm³/mol. The molecule has 0 bridgehead atoms. The van der Waals surface area contributed by atoms with Gasteiger partial charge in [0.15, 0.2) is 43.0 Å². The minimum atomic E-state index is -5.74. The molecule has 3 heterocycles. The molecule has 3 aliphatic rings.